The molecule has 0 radical (unpaired) electrons. The van der Waals surface area contributed by atoms with Gasteiger partial charge < -0.3 is 10.6 Å². The van der Waals surface area contributed by atoms with Crippen molar-refractivity contribution >= 4 is 29.0 Å². The van der Waals surface area contributed by atoms with Gasteiger partial charge >= 0.3 is 12.1 Å². The van der Waals surface area contributed by atoms with Crippen LogP contribution in [0.1, 0.15) is 29.6 Å². The molecular formula is C19H16F4N2O3. The molecule has 0 unspecified atom stereocenters. The molecule has 2 aromatic carbocycles. The van der Waals surface area contributed by atoms with Crippen LogP contribution < -0.4 is 10.6 Å². The number of carbonyl (C=O) groups is 3. The number of amides is 2. The standard InChI is InChI=1S/C19H16F4N2O3/c20-13-6-4-12(5-7-13)16(26)2-1-3-17(27)24-14-8-10-15(11-9-14)25-18(28)19(21,22)23/h4-11H,1-3H2,(H,24,27)(H,25,28). The Balaban J connectivity index is 1.77. The quantitative estimate of drug-likeness (QED) is 0.541. The summed E-state index contributed by atoms with van der Waals surface area (Å²) in [5.74, 6) is -3.12. The first-order chi connectivity index (χ1) is 13.1. The van der Waals surface area contributed by atoms with Gasteiger partial charge in [-0.1, -0.05) is 0 Å². The van der Waals surface area contributed by atoms with E-state index < -0.39 is 17.9 Å². The van der Waals surface area contributed by atoms with E-state index in [9.17, 15) is 31.9 Å². The maximum absolute atomic E-state index is 12.8. The van der Waals surface area contributed by atoms with Gasteiger partial charge in [0.2, 0.25) is 5.91 Å². The van der Waals surface area contributed by atoms with E-state index in [1.807, 2.05) is 0 Å². The van der Waals surface area contributed by atoms with Crippen molar-refractivity contribution in [1.29, 1.82) is 0 Å². The minimum Gasteiger partial charge on any atom is -0.326 e. The lowest BCUT2D eigenvalue weighted by atomic mass is 10.1. The van der Waals surface area contributed by atoms with Crippen LogP contribution in [0.25, 0.3) is 0 Å². The highest BCUT2D eigenvalue weighted by molar-refractivity contribution is 5.97. The van der Waals surface area contributed by atoms with E-state index in [-0.39, 0.29) is 36.6 Å². The fourth-order valence-corrected chi connectivity index (χ4v) is 2.25. The third kappa shape index (κ3) is 6.49. The lowest BCUT2D eigenvalue weighted by Gasteiger charge is -2.09. The van der Waals surface area contributed by atoms with Crippen LogP contribution >= 0.6 is 0 Å². The summed E-state index contributed by atoms with van der Waals surface area (Å²) in [4.78, 5) is 34.6. The molecule has 2 amide bonds. The number of hydrogen-bond acceptors (Lipinski definition) is 3. The van der Waals surface area contributed by atoms with Crippen LogP contribution in [0, 0.1) is 5.82 Å². The van der Waals surface area contributed by atoms with Gasteiger partial charge in [0.25, 0.3) is 0 Å². The normalized spacial score (nSPS) is 11.0. The first kappa shape index (κ1) is 21.1. The highest BCUT2D eigenvalue weighted by Crippen LogP contribution is 2.20. The van der Waals surface area contributed by atoms with Gasteiger partial charge in [-0.2, -0.15) is 13.2 Å². The van der Waals surface area contributed by atoms with Crippen LogP contribution in [0.15, 0.2) is 48.5 Å². The number of Topliss-reactive ketones (excluding diaryl/α,β-unsaturated/α-hetero) is 1. The third-order valence-corrected chi connectivity index (χ3v) is 3.66. The zero-order chi connectivity index (χ0) is 20.7. The van der Waals surface area contributed by atoms with Gasteiger partial charge in [-0.3, -0.25) is 14.4 Å². The molecule has 2 N–H and O–H groups in total. The first-order valence-corrected chi connectivity index (χ1v) is 8.22. The van der Waals surface area contributed by atoms with E-state index in [0.717, 1.165) is 0 Å². The Morgan fingerprint density at radius 2 is 1.32 bits per heavy atom. The Hall–Kier alpha value is -3.23. The minimum absolute atomic E-state index is 0.0551. The summed E-state index contributed by atoms with van der Waals surface area (Å²) in [5.41, 5.74) is 0.628. The Bertz CT molecular complexity index is 847. The van der Waals surface area contributed by atoms with Gasteiger partial charge in [0, 0.05) is 29.8 Å². The molecular weight excluding hydrogens is 380 g/mol. The first-order valence-electron chi connectivity index (χ1n) is 8.22. The Morgan fingerprint density at radius 3 is 1.86 bits per heavy atom. The van der Waals surface area contributed by atoms with Crippen molar-refractivity contribution in [2.75, 3.05) is 10.6 Å². The van der Waals surface area contributed by atoms with Crippen LogP contribution in [0.2, 0.25) is 0 Å². The molecule has 9 heteroatoms. The summed E-state index contributed by atoms with van der Waals surface area (Å²) >= 11 is 0. The van der Waals surface area contributed by atoms with Crippen molar-refractivity contribution < 1.29 is 31.9 Å². The summed E-state index contributed by atoms with van der Waals surface area (Å²) < 4.78 is 49.4. The smallest absolute Gasteiger partial charge is 0.326 e. The fraction of sp³-hybridized carbons (Fsp3) is 0.211. The van der Waals surface area contributed by atoms with Crippen molar-refractivity contribution in [3.63, 3.8) is 0 Å². The summed E-state index contributed by atoms with van der Waals surface area (Å²) in [6.45, 7) is 0. The Labute approximate surface area is 157 Å². The number of ketones is 1. The van der Waals surface area contributed by atoms with E-state index in [0.29, 0.717) is 11.3 Å². The molecule has 0 fully saturated rings. The maximum atomic E-state index is 12.8. The highest BCUT2D eigenvalue weighted by Gasteiger charge is 2.38. The molecule has 0 aliphatic carbocycles. The molecule has 5 nitrogen and oxygen atoms in total. The zero-order valence-electron chi connectivity index (χ0n) is 14.5. The van der Waals surface area contributed by atoms with Crippen LogP contribution in [0.3, 0.4) is 0 Å². The van der Waals surface area contributed by atoms with E-state index in [1.54, 1.807) is 5.32 Å². The van der Waals surface area contributed by atoms with Gasteiger partial charge in [0.05, 0.1) is 0 Å². The molecule has 148 valence electrons. The second-order valence-electron chi connectivity index (χ2n) is 5.86. The van der Waals surface area contributed by atoms with E-state index >= 15 is 0 Å². The molecule has 0 heterocycles. The molecule has 0 spiro atoms. The number of carbonyl (C=O) groups excluding carboxylic acids is 3. The second-order valence-corrected chi connectivity index (χ2v) is 5.86. The van der Waals surface area contributed by atoms with Gasteiger partial charge in [0.15, 0.2) is 5.78 Å². The number of alkyl halides is 3. The molecule has 0 aliphatic heterocycles. The van der Waals surface area contributed by atoms with E-state index in [4.69, 9.17) is 0 Å². The molecule has 0 saturated carbocycles. The van der Waals surface area contributed by atoms with Crippen molar-refractivity contribution in [3.8, 4) is 0 Å². The molecule has 0 aliphatic rings. The highest BCUT2D eigenvalue weighted by atomic mass is 19.4. The largest absolute Gasteiger partial charge is 0.471 e. The Morgan fingerprint density at radius 1 is 0.786 bits per heavy atom. The number of nitrogens with one attached hydrogen (secondary N) is 2. The van der Waals surface area contributed by atoms with Crippen molar-refractivity contribution in [1.82, 2.24) is 0 Å². The maximum Gasteiger partial charge on any atom is 0.471 e. The molecule has 0 atom stereocenters. The van der Waals surface area contributed by atoms with Crippen LogP contribution in [-0.4, -0.2) is 23.8 Å². The predicted octanol–water partition coefficient (Wildman–Crippen LogP) is 4.32. The number of benzene rings is 2. The summed E-state index contributed by atoms with van der Waals surface area (Å²) in [7, 11) is 0. The van der Waals surface area contributed by atoms with Crippen LogP contribution in [0.5, 0.6) is 0 Å². The molecule has 28 heavy (non-hydrogen) atoms. The minimum atomic E-state index is -4.99. The second kappa shape index (κ2) is 9.12. The lowest BCUT2D eigenvalue weighted by Crippen LogP contribution is -2.29. The topological polar surface area (TPSA) is 75.3 Å². The molecule has 2 aromatic rings. The average molecular weight is 396 g/mol. The lowest BCUT2D eigenvalue weighted by molar-refractivity contribution is -0.167. The predicted molar refractivity (Wildman–Crippen MR) is 94.3 cm³/mol. The zero-order valence-corrected chi connectivity index (χ0v) is 14.5. The van der Waals surface area contributed by atoms with Gasteiger partial charge in [-0.25, -0.2) is 4.39 Å². The van der Waals surface area contributed by atoms with Crippen molar-refractivity contribution in [3.05, 3.63) is 59.9 Å². The SMILES string of the molecule is O=C(CCCC(=O)c1ccc(F)cc1)Nc1ccc(NC(=O)C(F)(F)F)cc1. The summed E-state index contributed by atoms with van der Waals surface area (Å²) in [6, 6.07) is 10.2. The molecule has 0 saturated heterocycles. The summed E-state index contributed by atoms with van der Waals surface area (Å²) in [5, 5.41) is 4.23. The number of anilines is 2. The van der Waals surface area contributed by atoms with Crippen molar-refractivity contribution in [2.45, 2.75) is 25.4 Å². The van der Waals surface area contributed by atoms with Crippen molar-refractivity contribution in [2.24, 2.45) is 0 Å². The monoisotopic (exact) mass is 396 g/mol. The molecule has 0 aromatic heterocycles. The van der Waals surface area contributed by atoms with Gasteiger partial charge in [-0.15, -0.1) is 0 Å². The van der Waals surface area contributed by atoms with E-state index in [1.165, 1.54) is 48.5 Å². The molecule has 2 rings (SSSR count). The van der Waals surface area contributed by atoms with E-state index in [2.05, 4.69) is 5.32 Å². The third-order valence-electron chi connectivity index (χ3n) is 3.66. The number of halogens is 4. The average Bonchev–Trinajstić information content (AvgIpc) is 2.63. The van der Waals surface area contributed by atoms with Crippen LogP contribution in [-0.2, 0) is 9.59 Å². The summed E-state index contributed by atoms with van der Waals surface area (Å²) in [6.07, 6.45) is -4.54. The fourth-order valence-electron chi connectivity index (χ4n) is 2.25. The number of hydrogen-bond donors (Lipinski definition) is 2. The Kier molecular flexibility index (Phi) is 6.86. The number of rotatable bonds is 7. The van der Waals surface area contributed by atoms with Gasteiger partial charge in [0.1, 0.15) is 5.82 Å². The van der Waals surface area contributed by atoms with Gasteiger partial charge in [-0.05, 0) is 55.0 Å². The molecule has 0 bridgehead atoms. The van der Waals surface area contributed by atoms with Crippen LogP contribution in [0.4, 0.5) is 28.9 Å².